The molecule has 178 valence electrons. The van der Waals surface area contributed by atoms with Gasteiger partial charge in [0.25, 0.3) is 5.22 Å². The molecular weight excluding hydrogens is 462 g/mol. The molecule has 0 bridgehead atoms. The standard InChI is InChI=1S/C22H29N5O4S2/c1-14-15(2)27(17-6-4-3-5-7-17)21(18(14)11-23)24-19(28)12-32-22-26-25-20(31-22)10-16-8-9-33(29,30)13-16/h16-17H,3-10,12-13H2,1-2H3,(H,24,28). The van der Waals surface area contributed by atoms with E-state index in [0.29, 0.717) is 36.2 Å². The van der Waals surface area contributed by atoms with Gasteiger partial charge < -0.3 is 14.3 Å². The van der Waals surface area contributed by atoms with E-state index in [-0.39, 0.29) is 34.3 Å². The predicted octanol–water partition coefficient (Wildman–Crippen LogP) is 3.57. The van der Waals surface area contributed by atoms with E-state index in [1.165, 1.54) is 6.42 Å². The third kappa shape index (κ3) is 5.44. The average molecular weight is 492 g/mol. The molecule has 11 heteroatoms. The maximum Gasteiger partial charge on any atom is 0.277 e. The normalized spacial score (nSPS) is 20.6. The van der Waals surface area contributed by atoms with Crippen LogP contribution in [0.5, 0.6) is 0 Å². The van der Waals surface area contributed by atoms with Crippen molar-refractivity contribution in [2.24, 2.45) is 5.92 Å². The molecule has 0 aromatic carbocycles. The van der Waals surface area contributed by atoms with Crippen LogP contribution in [0.15, 0.2) is 9.64 Å². The van der Waals surface area contributed by atoms with Crippen molar-refractivity contribution < 1.29 is 17.6 Å². The lowest BCUT2D eigenvalue weighted by atomic mass is 9.95. The molecule has 1 atom stereocenters. The van der Waals surface area contributed by atoms with Crippen molar-refractivity contribution in [1.29, 1.82) is 5.26 Å². The third-order valence-corrected chi connectivity index (χ3v) is 9.29. The Morgan fingerprint density at radius 3 is 2.67 bits per heavy atom. The van der Waals surface area contributed by atoms with Gasteiger partial charge in [0.15, 0.2) is 9.84 Å². The van der Waals surface area contributed by atoms with Gasteiger partial charge in [-0.05, 0) is 44.6 Å². The minimum Gasteiger partial charge on any atom is -0.416 e. The summed E-state index contributed by atoms with van der Waals surface area (Å²) in [5.74, 6) is 1.16. The highest BCUT2D eigenvalue weighted by atomic mass is 32.2. The second-order valence-corrected chi connectivity index (χ2v) is 12.1. The van der Waals surface area contributed by atoms with Crippen LogP contribution in [0.3, 0.4) is 0 Å². The fourth-order valence-electron chi connectivity index (χ4n) is 4.84. The lowest BCUT2D eigenvalue weighted by Crippen LogP contribution is -2.21. The molecule has 33 heavy (non-hydrogen) atoms. The van der Waals surface area contributed by atoms with Gasteiger partial charge in [-0.15, -0.1) is 10.2 Å². The number of amides is 1. The van der Waals surface area contributed by atoms with E-state index in [1.54, 1.807) is 0 Å². The van der Waals surface area contributed by atoms with Crippen molar-refractivity contribution in [3.05, 3.63) is 22.7 Å². The average Bonchev–Trinajstić information content (AvgIpc) is 3.44. The van der Waals surface area contributed by atoms with Gasteiger partial charge in [-0.3, -0.25) is 4.79 Å². The van der Waals surface area contributed by atoms with Gasteiger partial charge in [0.1, 0.15) is 11.9 Å². The fourth-order valence-corrected chi connectivity index (χ4v) is 7.28. The number of hydrogen-bond donors (Lipinski definition) is 1. The maximum absolute atomic E-state index is 12.8. The van der Waals surface area contributed by atoms with Crippen LogP contribution in [-0.4, -0.2) is 46.3 Å². The topological polar surface area (TPSA) is 131 Å². The summed E-state index contributed by atoms with van der Waals surface area (Å²) in [7, 11) is -2.95. The van der Waals surface area contributed by atoms with E-state index < -0.39 is 9.84 Å². The first-order chi connectivity index (χ1) is 15.8. The van der Waals surface area contributed by atoms with Crippen molar-refractivity contribution in [3.8, 4) is 6.07 Å². The Morgan fingerprint density at radius 2 is 2.00 bits per heavy atom. The van der Waals surface area contributed by atoms with Crippen molar-refractivity contribution >= 4 is 33.3 Å². The van der Waals surface area contributed by atoms with Crippen molar-refractivity contribution in [1.82, 2.24) is 14.8 Å². The molecule has 2 fully saturated rings. The highest BCUT2D eigenvalue weighted by Gasteiger charge is 2.29. The number of sulfone groups is 1. The van der Waals surface area contributed by atoms with Crippen molar-refractivity contribution in [2.75, 3.05) is 22.6 Å². The predicted molar refractivity (Wildman–Crippen MR) is 125 cm³/mol. The second kappa shape index (κ2) is 9.89. The molecule has 2 aliphatic rings. The van der Waals surface area contributed by atoms with Crippen LogP contribution in [0.4, 0.5) is 5.82 Å². The summed E-state index contributed by atoms with van der Waals surface area (Å²) in [4.78, 5) is 12.8. The number of aromatic nitrogens is 3. The molecule has 2 aromatic heterocycles. The number of anilines is 1. The Hall–Kier alpha value is -2.32. The number of carbonyl (C=O) groups excluding carboxylic acids is 1. The summed E-state index contributed by atoms with van der Waals surface area (Å²) in [6.45, 7) is 3.93. The fraction of sp³-hybridized carbons (Fsp3) is 0.636. The largest absolute Gasteiger partial charge is 0.416 e. The molecule has 1 aliphatic carbocycles. The van der Waals surface area contributed by atoms with Crippen molar-refractivity contribution in [2.45, 2.75) is 70.1 Å². The molecule has 1 saturated heterocycles. The Morgan fingerprint density at radius 1 is 1.24 bits per heavy atom. The summed E-state index contributed by atoms with van der Waals surface area (Å²) >= 11 is 1.13. The summed E-state index contributed by atoms with van der Waals surface area (Å²) < 4.78 is 31.0. The highest BCUT2D eigenvalue weighted by molar-refractivity contribution is 7.99. The minimum absolute atomic E-state index is 0.0000506. The van der Waals surface area contributed by atoms with Gasteiger partial charge in [-0.1, -0.05) is 31.0 Å². The molecule has 4 rings (SSSR count). The Bertz CT molecular complexity index is 1170. The zero-order chi connectivity index (χ0) is 23.6. The first kappa shape index (κ1) is 23.8. The number of hydrogen-bond acceptors (Lipinski definition) is 8. The van der Waals surface area contributed by atoms with E-state index in [4.69, 9.17) is 4.42 Å². The minimum atomic E-state index is -2.95. The Balaban J connectivity index is 1.39. The van der Waals surface area contributed by atoms with Gasteiger partial charge in [-0.25, -0.2) is 8.42 Å². The number of thioether (sulfide) groups is 1. The summed E-state index contributed by atoms with van der Waals surface area (Å²) in [6, 6.07) is 2.55. The monoisotopic (exact) mass is 491 g/mol. The van der Waals surface area contributed by atoms with E-state index in [0.717, 1.165) is 48.7 Å². The number of rotatable bonds is 7. The summed E-state index contributed by atoms with van der Waals surface area (Å²) in [5, 5.41) is 20.9. The molecule has 1 unspecified atom stereocenters. The lowest BCUT2D eigenvalue weighted by Gasteiger charge is -2.27. The van der Waals surface area contributed by atoms with Crippen LogP contribution >= 0.6 is 11.8 Å². The lowest BCUT2D eigenvalue weighted by molar-refractivity contribution is -0.113. The molecule has 1 N–H and O–H groups in total. The summed E-state index contributed by atoms with van der Waals surface area (Å²) in [6.07, 6.45) is 6.66. The molecular formula is C22H29N5O4S2. The Labute approximate surface area is 198 Å². The van der Waals surface area contributed by atoms with Crippen LogP contribution < -0.4 is 5.32 Å². The zero-order valence-corrected chi connectivity index (χ0v) is 20.6. The maximum atomic E-state index is 12.8. The number of nitrogens with one attached hydrogen (secondary N) is 1. The number of carbonyl (C=O) groups is 1. The Kier molecular flexibility index (Phi) is 7.14. The molecule has 0 spiro atoms. The van der Waals surface area contributed by atoms with Gasteiger partial charge in [0.2, 0.25) is 11.8 Å². The molecule has 0 radical (unpaired) electrons. The van der Waals surface area contributed by atoms with Crippen LogP contribution in [0.1, 0.15) is 67.3 Å². The van der Waals surface area contributed by atoms with Crippen LogP contribution in [0.2, 0.25) is 0 Å². The quantitative estimate of drug-likeness (QED) is 0.582. The van der Waals surface area contributed by atoms with E-state index in [9.17, 15) is 18.5 Å². The molecule has 1 saturated carbocycles. The number of nitriles is 1. The van der Waals surface area contributed by atoms with E-state index in [1.807, 2.05) is 13.8 Å². The SMILES string of the molecule is Cc1c(C#N)c(NC(=O)CSc2nnc(CC3CCS(=O)(=O)C3)o2)n(C2CCCCC2)c1C. The van der Waals surface area contributed by atoms with Crippen LogP contribution in [0.25, 0.3) is 0 Å². The van der Waals surface area contributed by atoms with Gasteiger partial charge in [0, 0.05) is 18.2 Å². The van der Waals surface area contributed by atoms with Gasteiger partial charge in [-0.2, -0.15) is 5.26 Å². The zero-order valence-electron chi connectivity index (χ0n) is 19.0. The molecule has 9 nitrogen and oxygen atoms in total. The van der Waals surface area contributed by atoms with Gasteiger partial charge in [0.05, 0.1) is 22.8 Å². The molecule has 3 heterocycles. The molecule has 1 aliphatic heterocycles. The highest BCUT2D eigenvalue weighted by Crippen LogP contribution is 2.37. The second-order valence-electron chi connectivity index (χ2n) is 8.98. The van der Waals surface area contributed by atoms with Crippen molar-refractivity contribution in [3.63, 3.8) is 0 Å². The molecule has 1 amide bonds. The van der Waals surface area contributed by atoms with Crippen LogP contribution in [-0.2, 0) is 21.1 Å². The first-order valence-corrected chi connectivity index (χ1v) is 14.1. The van der Waals surface area contributed by atoms with E-state index in [2.05, 4.69) is 26.2 Å². The summed E-state index contributed by atoms with van der Waals surface area (Å²) in [5.41, 5.74) is 2.45. The number of nitrogens with zero attached hydrogens (tertiary/aromatic N) is 4. The first-order valence-electron chi connectivity index (χ1n) is 11.3. The molecule has 2 aromatic rings. The van der Waals surface area contributed by atoms with E-state index >= 15 is 0 Å². The smallest absolute Gasteiger partial charge is 0.277 e. The van der Waals surface area contributed by atoms with Crippen LogP contribution in [0, 0.1) is 31.1 Å². The van der Waals surface area contributed by atoms with Gasteiger partial charge >= 0.3 is 0 Å². The third-order valence-electron chi connectivity index (χ3n) is 6.63.